The van der Waals surface area contributed by atoms with Crippen molar-refractivity contribution in [3.63, 3.8) is 0 Å². The normalized spacial score (nSPS) is 15.4. The molecule has 5 heteroatoms. The highest BCUT2D eigenvalue weighted by Gasteiger charge is 2.24. The van der Waals surface area contributed by atoms with Gasteiger partial charge in [-0.05, 0) is 36.5 Å². The molecular formula is C19H28N2O3. The molecule has 2 rings (SSSR count). The van der Waals surface area contributed by atoms with Gasteiger partial charge in [-0.15, -0.1) is 0 Å². The first-order valence-electron chi connectivity index (χ1n) is 8.68. The number of benzene rings is 1. The van der Waals surface area contributed by atoms with E-state index in [1.54, 1.807) is 7.11 Å². The Morgan fingerprint density at radius 3 is 2.38 bits per heavy atom. The number of carbonyl (C=O) groups is 2. The molecule has 0 spiro atoms. The van der Waals surface area contributed by atoms with E-state index in [1.807, 2.05) is 29.2 Å². The molecule has 1 N–H and O–H groups in total. The minimum absolute atomic E-state index is 0.0344. The number of nitrogens with one attached hydrogen (secondary N) is 1. The summed E-state index contributed by atoms with van der Waals surface area (Å²) >= 11 is 0. The fraction of sp³-hybridized carbons (Fsp3) is 0.579. The average molecular weight is 332 g/mol. The van der Waals surface area contributed by atoms with Crippen molar-refractivity contribution in [2.24, 2.45) is 5.92 Å². The van der Waals surface area contributed by atoms with Gasteiger partial charge in [-0.1, -0.05) is 26.0 Å². The van der Waals surface area contributed by atoms with Crippen LogP contribution in [-0.2, 0) is 16.0 Å². The zero-order chi connectivity index (χ0) is 17.5. The Hall–Kier alpha value is -2.04. The van der Waals surface area contributed by atoms with Crippen molar-refractivity contribution in [2.45, 2.75) is 45.6 Å². The molecule has 0 unspecified atom stereocenters. The molecule has 2 amide bonds. The highest BCUT2D eigenvalue weighted by molar-refractivity contribution is 5.79. The Bertz CT molecular complexity index is 546. The van der Waals surface area contributed by atoms with E-state index in [2.05, 4.69) is 19.2 Å². The predicted molar refractivity (Wildman–Crippen MR) is 93.9 cm³/mol. The van der Waals surface area contributed by atoms with Gasteiger partial charge in [-0.3, -0.25) is 9.59 Å². The van der Waals surface area contributed by atoms with Crippen molar-refractivity contribution in [1.82, 2.24) is 10.2 Å². The van der Waals surface area contributed by atoms with Crippen molar-refractivity contribution in [1.29, 1.82) is 0 Å². The molecule has 0 radical (unpaired) electrons. The van der Waals surface area contributed by atoms with Crippen LogP contribution in [0.4, 0.5) is 0 Å². The van der Waals surface area contributed by atoms with Gasteiger partial charge in [0, 0.05) is 25.6 Å². The monoisotopic (exact) mass is 332 g/mol. The summed E-state index contributed by atoms with van der Waals surface area (Å²) in [6.45, 7) is 5.59. The molecule has 0 aliphatic carbocycles. The highest BCUT2D eigenvalue weighted by atomic mass is 16.5. The minimum atomic E-state index is 0.0344. The third-order valence-corrected chi connectivity index (χ3v) is 4.32. The summed E-state index contributed by atoms with van der Waals surface area (Å²) < 4.78 is 5.12. The number of amides is 2. The smallest absolute Gasteiger partial charge is 0.224 e. The maximum atomic E-state index is 12.2. The summed E-state index contributed by atoms with van der Waals surface area (Å²) in [5.41, 5.74) is 0.970. The van der Waals surface area contributed by atoms with Gasteiger partial charge in [0.15, 0.2) is 0 Å². The van der Waals surface area contributed by atoms with Crippen LogP contribution in [0.2, 0.25) is 0 Å². The zero-order valence-corrected chi connectivity index (χ0v) is 14.9. The fourth-order valence-corrected chi connectivity index (χ4v) is 2.96. The van der Waals surface area contributed by atoms with Gasteiger partial charge in [0.05, 0.1) is 13.5 Å². The van der Waals surface area contributed by atoms with E-state index in [0.717, 1.165) is 37.2 Å². The lowest BCUT2D eigenvalue weighted by Gasteiger charge is -2.33. The second-order valence-electron chi connectivity index (χ2n) is 6.85. The van der Waals surface area contributed by atoms with Crippen LogP contribution < -0.4 is 10.1 Å². The van der Waals surface area contributed by atoms with E-state index in [-0.39, 0.29) is 17.9 Å². The summed E-state index contributed by atoms with van der Waals surface area (Å²) in [6, 6.07) is 7.71. The van der Waals surface area contributed by atoms with Crippen molar-refractivity contribution in [3.8, 4) is 5.75 Å². The lowest BCUT2D eigenvalue weighted by molar-refractivity contribution is -0.133. The van der Waals surface area contributed by atoms with Gasteiger partial charge in [-0.2, -0.15) is 0 Å². The van der Waals surface area contributed by atoms with Gasteiger partial charge >= 0.3 is 0 Å². The molecule has 5 nitrogen and oxygen atoms in total. The third kappa shape index (κ3) is 5.55. The fourth-order valence-electron chi connectivity index (χ4n) is 2.96. The third-order valence-electron chi connectivity index (χ3n) is 4.32. The second-order valence-corrected chi connectivity index (χ2v) is 6.85. The molecule has 1 aromatic carbocycles. The Morgan fingerprint density at radius 2 is 1.83 bits per heavy atom. The van der Waals surface area contributed by atoms with Crippen molar-refractivity contribution in [3.05, 3.63) is 29.8 Å². The Morgan fingerprint density at radius 1 is 1.21 bits per heavy atom. The molecule has 1 aliphatic rings. The zero-order valence-electron chi connectivity index (χ0n) is 14.9. The standard InChI is InChI=1S/C19H28N2O3/c1-14(2)12-19(23)21-10-8-16(9-11-21)20-18(22)13-15-4-6-17(24-3)7-5-15/h4-7,14,16H,8-13H2,1-3H3,(H,20,22). The van der Waals surface area contributed by atoms with Crippen LogP contribution in [0, 0.1) is 5.92 Å². The Balaban J connectivity index is 1.74. The van der Waals surface area contributed by atoms with Crippen LogP contribution in [0.5, 0.6) is 5.75 Å². The molecular weight excluding hydrogens is 304 g/mol. The number of carbonyl (C=O) groups excluding carboxylic acids is 2. The van der Waals surface area contributed by atoms with E-state index >= 15 is 0 Å². The first-order chi connectivity index (χ1) is 11.5. The lowest BCUT2D eigenvalue weighted by atomic mass is 10.0. The number of methoxy groups -OCH3 is 1. The average Bonchev–Trinajstić information content (AvgIpc) is 2.55. The van der Waals surface area contributed by atoms with Crippen LogP contribution in [0.25, 0.3) is 0 Å². The van der Waals surface area contributed by atoms with Gasteiger partial charge in [0.2, 0.25) is 11.8 Å². The first-order valence-corrected chi connectivity index (χ1v) is 8.68. The number of hydrogen-bond acceptors (Lipinski definition) is 3. The van der Waals surface area contributed by atoms with Gasteiger partial charge in [0.1, 0.15) is 5.75 Å². The topological polar surface area (TPSA) is 58.6 Å². The van der Waals surface area contributed by atoms with Crippen LogP contribution in [0.15, 0.2) is 24.3 Å². The minimum Gasteiger partial charge on any atom is -0.497 e. The van der Waals surface area contributed by atoms with Crippen LogP contribution in [0.1, 0.15) is 38.7 Å². The van der Waals surface area contributed by atoms with Gasteiger partial charge in [-0.25, -0.2) is 0 Å². The largest absolute Gasteiger partial charge is 0.497 e. The summed E-state index contributed by atoms with van der Waals surface area (Å²) in [5.74, 6) is 1.44. The SMILES string of the molecule is COc1ccc(CC(=O)NC2CCN(C(=O)CC(C)C)CC2)cc1. The summed E-state index contributed by atoms with van der Waals surface area (Å²) in [4.78, 5) is 26.2. The van der Waals surface area contributed by atoms with Crippen molar-refractivity contribution >= 4 is 11.8 Å². The Kier molecular flexibility index (Phi) is 6.64. The summed E-state index contributed by atoms with van der Waals surface area (Å²) in [7, 11) is 1.62. The molecule has 1 aliphatic heterocycles. The predicted octanol–water partition coefficient (Wildman–Crippen LogP) is 2.39. The van der Waals surface area contributed by atoms with Crippen LogP contribution >= 0.6 is 0 Å². The maximum Gasteiger partial charge on any atom is 0.224 e. The van der Waals surface area contributed by atoms with E-state index in [1.165, 1.54) is 0 Å². The molecule has 0 bridgehead atoms. The maximum absolute atomic E-state index is 12.2. The number of hydrogen-bond donors (Lipinski definition) is 1. The molecule has 1 heterocycles. The van der Waals surface area contributed by atoms with Crippen molar-refractivity contribution < 1.29 is 14.3 Å². The molecule has 1 aromatic rings. The number of likely N-dealkylation sites (tertiary alicyclic amines) is 1. The molecule has 0 saturated carbocycles. The second kappa shape index (κ2) is 8.71. The van der Waals surface area contributed by atoms with E-state index in [9.17, 15) is 9.59 Å². The molecule has 1 saturated heterocycles. The highest BCUT2D eigenvalue weighted by Crippen LogP contribution is 2.15. The molecule has 1 fully saturated rings. The molecule has 132 valence electrons. The molecule has 0 aromatic heterocycles. The summed E-state index contributed by atoms with van der Waals surface area (Å²) in [6.07, 6.45) is 2.64. The van der Waals surface area contributed by atoms with E-state index in [0.29, 0.717) is 18.8 Å². The summed E-state index contributed by atoms with van der Waals surface area (Å²) in [5, 5.41) is 3.09. The number of rotatable bonds is 6. The molecule has 0 atom stereocenters. The van der Waals surface area contributed by atoms with E-state index < -0.39 is 0 Å². The lowest BCUT2D eigenvalue weighted by Crippen LogP contribution is -2.47. The number of ether oxygens (including phenoxy) is 1. The van der Waals surface area contributed by atoms with Crippen molar-refractivity contribution in [2.75, 3.05) is 20.2 Å². The van der Waals surface area contributed by atoms with Crippen LogP contribution in [0.3, 0.4) is 0 Å². The van der Waals surface area contributed by atoms with Gasteiger partial charge in [0.25, 0.3) is 0 Å². The Labute approximate surface area is 144 Å². The quantitative estimate of drug-likeness (QED) is 0.870. The van der Waals surface area contributed by atoms with Crippen LogP contribution in [-0.4, -0.2) is 43.0 Å². The van der Waals surface area contributed by atoms with E-state index in [4.69, 9.17) is 4.74 Å². The number of piperidine rings is 1. The molecule has 24 heavy (non-hydrogen) atoms. The first kappa shape index (κ1) is 18.3. The van der Waals surface area contributed by atoms with Gasteiger partial charge < -0.3 is 15.0 Å². The number of nitrogens with zero attached hydrogens (tertiary/aromatic N) is 1.